The molecule has 25 heavy (non-hydrogen) atoms. The second-order valence-corrected chi connectivity index (χ2v) is 6.09. The fourth-order valence-corrected chi connectivity index (χ4v) is 2.57. The molecule has 2 amide bonds. The van der Waals surface area contributed by atoms with Crippen LogP contribution in [0.4, 0.5) is 5.69 Å². The highest BCUT2D eigenvalue weighted by atomic mass is 16.2. The van der Waals surface area contributed by atoms with Crippen molar-refractivity contribution in [1.82, 2.24) is 10.2 Å². The van der Waals surface area contributed by atoms with Gasteiger partial charge in [-0.15, -0.1) is 0 Å². The Bertz CT molecular complexity index is 701. The fraction of sp³-hybridized carbons (Fsp3) is 0.300. The normalized spacial score (nSPS) is 10.5. The van der Waals surface area contributed by atoms with Gasteiger partial charge in [0.1, 0.15) is 0 Å². The van der Waals surface area contributed by atoms with Gasteiger partial charge in [-0.3, -0.25) is 9.59 Å². The molecule has 0 bridgehead atoms. The lowest BCUT2D eigenvalue weighted by Crippen LogP contribution is -2.28. The first-order chi connectivity index (χ1) is 12.0. The number of hydrogen-bond acceptors (Lipinski definition) is 3. The van der Waals surface area contributed by atoms with Crippen LogP contribution in [0.25, 0.3) is 0 Å². The zero-order valence-corrected chi connectivity index (χ0v) is 14.8. The third-order valence-corrected chi connectivity index (χ3v) is 3.74. The number of benzene rings is 2. The maximum Gasteiger partial charge on any atom is 0.251 e. The molecule has 5 heteroatoms. The average Bonchev–Trinajstić information content (AvgIpc) is 2.59. The lowest BCUT2D eigenvalue weighted by molar-refractivity contribution is -0.114. The number of anilines is 1. The van der Waals surface area contributed by atoms with E-state index in [1.54, 1.807) is 24.3 Å². The van der Waals surface area contributed by atoms with E-state index in [4.69, 9.17) is 0 Å². The largest absolute Gasteiger partial charge is 0.352 e. The van der Waals surface area contributed by atoms with Crippen LogP contribution in [0.3, 0.4) is 0 Å². The molecule has 2 rings (SSSR count). The molecule has 0 aliphatic heterocycles. The Labute approximate surface area is 149 Å². The predicted octanol–water partition coefficient (Wildman–Crippen LogP) is 2.90. The Balaban J connectivity index is 1.72. The first-order valence-electron chi connectivity index (χ1n) is 8.43. The molecule has 0 spiro atoms. The van der Waals surface area contributed by atoms with Gasteiger partial charge in [-0.25, -0.2) is 0 Å². The Kier molecular flexibility index (Phi) is 7.16. The van der Waals surface area contributed by atoms with Crippen LogP contribution < -0.4 is 10.6 Å². The van der Waals surface area contributed by atoms with E-state index in [9.17, 15) is 9.59 Å². The Hall–Kier alpha value is -2.66. The molecule has 0 aromatic heterocycles. The second kappa shape index (κ2) is 9.59. The molecule has 0 heterocycles. The molecule has 132 valence electrons. The lowest BCUT2D eigenvalue weighted by atomic mass is 10.2. The minimum atomic E-state index is -0.154. The van der Waals surface area contributed by atoms with Gasteiger partial charge in [0.05, 0.1) is 0 Å². The number of nitrogens with zero attached hydrogens (tertiary/aromatic N) is 1. The van der Waals surface area contributed by atoms with Crippen LogP contribution in [0, 0.1) is 0 Å². The van der Waals surface area contributed by atoms with E-state index in [1.807, 2.05) is 18.2 Å². The first kappa shape index (κ1) is 18.7. The van der Waals surface area contributed by atoms with Crippen LogP contribution in [-0.4, -0.2) is 36.9 Å². The van der Waals surface area contributed by atoms with Gasteiger partial charge in [-0.1, -0.05) is 36.4 Å². The van der Waals surface area contributed by atoms with Gasteiger partial charge in [0, 0.05) is 31.3 Å². The summed E-state index contributed by atoms with van der Waals surface area (Å²) in [6.07, 6.45) is 0.875. The lowest BCUT2D eigenvalue weighted by Gasteiger charge is -2.16. The Morgan fingerprint density at radius 2 is 1.80 bits per heavy atom. The van der Waals surface area contributed by atoms with Crippen LogP contribution in [-0.2, 0) is 11.3 Å². The summed E-state index contributed by atoms with van der Waals surface area (Å²) in [5, 5.41) is 5.60. The molecule has 0 saturated heterocycles. The molecule has 5 nitrogen and oxygen atoms in total. The zero-order valence-electron chi connectivity index (χ0n) is 14.8. The van der Waals surface area contributed by atoms with Crippen molar-refractivity contribution in [2.45, 2.75) is 19.9 Å². The maximum absolute atomic E-state index is 12.2. The fourth-order valence-electron chi connectivity index (χ4n) is 2.57. The minimum absolute atomic E-state index is 0.127. The first-order valence-corrected chi connectivity index (χ1v) is 8.43. The highest BCUT2D eigenvalue weighted by molar-refractivity contribution is 5.96. The van der Waals surface area contributed by atoms with Gasteiger partial charge in [0.25, 0.3) is 5.91 Å². The zero-order chi connectivity index (χ0) is 18.1. The van der Waals surface area contributed by atoms with E-state index in [2.05, 4.69) is 34.7 Å². The summed E-state index contributed by atoms with van der Waals surface area (Å²) in [6.45, 7) is 3.86. The van der Waals surface area contributed by atoms with Gasteiger partial charge in [-0.2, -0.15) is 0 Å². The monoisotopic (exact) mass is 339 g/mol. The third-order valence-electron chi connectivity index (χ3n) is 3.74. The van der Waals surface area contributed by atoms with Crippen LogP contribution in [0.5, 0.6) is 0 Å². The van der Waals surface area contributed by atoms with Crippen LogP contribution in [0.2, 0.25) is 0 Å². The molecule has 0 fully saturated rings. The summed E-state index contributed by atoms with van der Waals surface area (Å²) in [5.41, 5.74) is 2.45. The predicted molar refractivity (Wildman–Crippen MR) is 100 cm³/mol. The van der Waals surface area contributed by atoms with Crippen molar-refractivity contribution >= 4 is 17.5 Å². The molecule has 0 aliphatic rings. The molecule has 0 radical (unpaired) electrons. The number of carbonyl (C=O) groups excluding carboxylic acids is 2. The van der Waals surface area contributed by atoms with Crippen molar-refractivity contribution < 1.29 is 9.59 Å². The average molecular weight is 339 g/mol. The van der Waals surface area contributed by atoms with E-state index in [1.165, 1.54) is 12.5 Å². The Morgan fingerprint density at radius 3 is 2.52 bits per heavy atom. The van der Waals surface area contributed by atoms with Crippen molar-refractivity contribution in [1.29, 1.82) is 0 Å². The van der Waals surface area contributed by atoms with Gasteiger partial charge < -0.3 is 15.5 Å². The molecular weight excluding hydrogens is 314 g/mol. The summed E-state index contributed by atoms with van der Waals surface area (Å²) in [4.78, 5) is 25.5. The van der Waals surface area contributed by atoms with Crippen molar-refractivity contribution in [2.24, 2.45) is 0 Å². The van der Waals surface area contributed by atoms with E-state index in [0.29, 0.717) is 17.8 Å². The summed E-state index contributed by atoms with van der Waals surface area (Å²) < 4.78 is 0. The molecule has 0 atom stereocenters. The van der Waals surface area contributed by atoms with Crippen molar-refractivity contribution in [2.75, 3.05) is 25.5 Å². The molecule has 0 unspecified atom stereocenters. The summed E-state index contributed by atoms with van der Waals surface area (Å²) >= 11 is 0. The second-order valence-electron chi connectivity index (χ2n) is 6.09. The van der Waals surface area contributed by atoms with Gasteiger partial charge >= 0.3 is 0 Å². The minimum Gasteiger partial charge on any atom is -0.352 e. The molecular formula is C20H25N3O2. The Morgan fingerprint density at radius 1 is 1.04 bits per heavy atom. The highest BCUT2D eigenvalue weighted by Crippen LogP contribution is 2.10. The van der Waals surface area contributed by atoms with Crippen LogP contribution in [0.15, 0.2) is 54.6 Å². The molecule has 0 saturated carbocycles. The number of amides is 2. The van der Waals surface area contributed by atoms with Gasteiger partial charge in [0.2, 0.25) is 5.91 Å². The number of carbonyl (C=O) groups is 2. The molecule has 0 aliphatic carbocycles. The molecule has 2 N–H and O–H groups in total. The highest BCUT2D eigenvalue weighted by Gasteiger charge is 2.07. The smallest absolute Gasteiger partial charge is 0.251 e. The van der Waals surface area contributed by atoms with Crippen molar-refractivity contribution in [3.8, 4) is 0 Å². The van der Waals surface area contributed by atoms with E-state index >= 15 is 0 Å². The quantitative estimate of drug-likeness (QED) is 0.727. The third kappa shape index (κ3) is 6.77. The van der Waals surface area contributed by atoms with E-state index < -0.39 is 0 Å². The summed E-state index contributed by atoms with van der Waals surface area (Å²) in [7, 11) is 2.08. The van der Waals surface area contributed by atoms with Crippen LogP contribution in [0.1, 0.15) is 29.3 Å². The van der Waals surface area contributed by atoms with Crippen LogP contribution >= 0.6 is 0 Å². The number of nitrogens with one attached hydrogen (secondary N) is 2. The molecule has 2 aromatic carbocycles. The SMILES string of the molecule is CC(=O)Nc1cccc(C(=O)NCCCN(C)Cc2ccccc2)c1. The summed E-state index contributed by atoms with van der Waals surface area (Å²) in [5.74, 6) is -0.281. The van der Waals surface area contributed by atoms with E-state index in [0.717, 1.165) is 19.5 Å². The maximum atomic E-state index is 12.2. The van der Waals surface area contributed by atoms with E-state index in [-0.39, 0.29) is 11.8 Å². The number of rotatable bonds is 8. The van der Waals surface area contributed by atoms with Crippen molar-refractivity contribution in [3.05, 3.63) is 65.7 Å². The van der Waals surface area contributed by atoms with Gasteiger partial charge in [0.15, 0.2) is 0 Å². The standard InChI is InChI=1S/C20H25N3O2/c1-16(24)22-19-11-6-10-18(14-19)20(25)21-12-7-13-23(2)15-17-8-4-3-5-9-17/h3-6,8-11,14H,7,12-13,15H2,1-2H3,(H,21,25)(H,22,24). The van der Waals surface area contributed by atoms with Gasteiger partial charge in [-0.05, 0) is 43.8 Å². The summed E-state index contributed by atoms with van der Waals surface area (Å²) in [6, 6.07) is 17.3. The van der Waals surface area contributed by atoms with Crippen molar-refractivity contribution in [3.63, 3.8) is 0 Å². The number of hydrogen-bond donors (Lipinski definition) is 2. The topological polar surface area (TPSA) is 61.4 Å². The molecule has 2 aromatic rings.